The predicted octanol–water partition coefficient (Wildman–Crippen LogP) is 4.79. The Hall–Kier alpha value is -1.10. The third-order valence-corrected chi connectivity index (χ3v) is 5.51. The van der Waals surface area contributed by atoms with Gasteiger partial charge < -0.3 is 10.3 Å². The molecule has 21 heavy (non-hydrogen) atoms. The van der Waals surface area contributed by atoms with Gasteiger partial charge in [0, 0.05) is 37.9 Å². The van der Waals surface area contributed by atoms with Crippen molar-refractivity contribution in [2.24, 2.45) is 5.73 Å². The maximum Gasteiger partial charge on any atom is 0.0569 e. The largest absolute Gasteiger partial charge is 0.342 e. The smallest absolute Gasteiger partial charge is 0.0569 e. The van der Waals surface area contributed by atoms with E-state index in [9.17, 15) is 0 Å². The van der Waals surface area contributed by atoms with Gasteiger partial charge in [0.25, 0.3) is 0 Å². The molecule has 0 bridgehead atoms. The van der Waals surface area contributed by atoms with Crippen molar-refractivity contribution < 1.29 is 0 Å². The molecular formula is C17H19BrN2S. The fourth-order valence-corrected chi connectivity index (χ4v) is 4.10. The molecule has 110 valence electrons. The van der Waals surface area contributed by atoms with Crippen LogP contribution in [0, 0.1) is 0 Å². The molecule has 0 amide bonds. The number of nitrogens with two attached hydrogens (primary N) is 1. The lowest BCUT2D eigenvalue weighted by Crippen LogP contribution is -2.21. The Bertz CT molecular complexity index is 744. The summed E-state index contributed by atoms with van der Waals surface area (Å²) in [4.78, 5) is 1.36. The first-order valence-electron chi connectivity index (χ1n) is 7.22. The number of thiophene rings is 1. The first-order chi connectivity index (χ1) is 10.2. The lowest BCUT2D eigenvalue weighted by Gasteiger charge is -2.06. The van der Waals surface area contributed by atoms with Crippen molar-refractivity contribution >= 4 is 38.2 Å². The van der Waals surface area contributed by atoms with Crippen molar-refractivity contribution in [1.82, 2.24) is 4.57 Å². The lowest BCUT2D eigenvalue weighted by molar-refractivity contribution is 0.647. The Morgan fingerprint density at radius 1 is 1.33 bits per heavy atom. The molecule has 3 aromatic rings. The molecule has 0 spiro atoms. The molecule has 0 saturated carbocycles. The molecule has 2 heterocycles. The van der Waals surface area contributed by atoms with E-state index < -0.39 is 0 Å². The quantitative estimate of drug-likeness (QED) is 0.694. The minimum atomic E-state index is 0.236. The summed E-state index contributed by atoms with van der Waals surface area (Å²) in [6.45, 7) is 3.06. The number of hydrogen-bond donors (Lipinski definition) is 1. The van der Waals surface area contributed by atoms with E-state index in [2.05, 4.69) is 69.3 Å². The van der Waals surface area contributed by atoms with Crippen LogP contribution < -0.4 is 5.73 Å². The Balaban J connectivity index is 1.98. The van der Waals surface area contributed by atoms with E-state index in [-0.39, 0.29) is 6.04 Å². The van der Waals surface area contributed by atoms with Crippen LogP contribution in [0.2, 0.25) is 0 Å². The minimum Gasteiger partial charge on any atom is -0.342 e. The Morgan fingerprint density at radius 3 is 2.86 bits per heavy atom. The van der Waals surface area contributed by atoms with Crippen molar-refractivity contribution in [2.75, 3.05) is 0 Å². The van der Waals surface area contributed by atoms with Gasteiger partial charge in [-0.3, -0.25) is 0 Å². The first-order valence-corrected chi connectivity index (χ1v) is 8.90. The van der Waals surface area contributed by atoms with Crippen LogP contribution in [0.25, 0.3) is 10.9 Å². The zero-order valence-corrected chi connectivity index (χ0v) is 14.5. The Labute approximate surface area is 137 Å². The van der Waals surface area contributed by atoms with Crippen molar-refractivity contribution in [2.45, 2.75) is 32.4 Å². The molecular weight excluding hydrogens is 344 g/mol. The predicted molar refractivity (Wildman–Crippen MR) is 95.0 cm³/mol. The van der Waals surface area contributed by atoms with Gasteiger partial charge in [-0.05, 0) is 46.5 Å². The highest BCUT2D eigenvalue weighted by molar-refractivity contribution is 9.10. The number of para-hydroxylation sites is 1. The standard InChI is InChI=1S/C17H19BrN2S/c1-2-14(19)7-12-9-20(10-15-8-13(18)11-21-15)17-6-4-3-5-16(12)17/h3-6,8-9,11,14H,2,7,10,19H2,1H3. The molecule has 3 rings (SSSR count). The first kappa shape index (κ1) is 14.8. The molecule has 4 heteroatoms. The summed E-state index contributed by atoms with van der Waals surface area (Å²) in [7, 11) is 0. The fourth-order valence-electron chi connectivity index (χ4n) is 2.65. The molecule has 0 fully saturated rings. The maximum atomic E-state index is 6.15. The summed E-state index contributed by atoms with van der Waals surface area (Å²) >= 11 is 5.32. The van der Waals surface area contributed by atoms with Crippen LogP contribution >= 0.6 is 27.3 Å². The summed E-state index contributed by atoms with van der Waals surface area (Å²) in [6.07, 6.45) is 4.23. The average molecular weight is 363 g/mol. The van der Waals surface area contributed by atoms with Gasteiger partial charge in [0.15, 0.2) is 0 Å². The Kier molecular flexibility index (Phi) is 4.48. The van der Waals surface area contributed by atoms with E-state index in [4.69, 9.17) is 5.73 Å². The Morgan fingerprint density at radius 2 is 2.14 bits per heavy atom. The van der Waals surface area contributed by atoms with Crippen LogP contribution in [0.4, 0.5) is 0 Å². The van der Waals surface area contributed by atoms with Gasteiger partial charge in [0.1, 0.15) is 0 Å². The summed E-state index contributed by atoms with van der Waals surface area (Å²) in [5.74, 6) is 0. The van der Waals surface area contributed by atoms with E-state index in [0.717, 1.165) is 23.9 Å². The number of aromatic nitrogens is 1. The molecule has 2 N–H and O–H groups in total. The molecule has 0 aliphatic rings. The van der Waals surface area contributed by atoms with Crippen molar-refractivity contribution in [3.63, 3.8) is 0 Å². The van der Waals surface area contributed by atoms with Crippen molar-refractivity contribution in [3.8, 4) is 0 Å². The molecule has 1 atom stereocenters. The summed E-state index contributed by atoms with van der Waals surface area (Å²) in [5, 5.41) is 3.46. The molecule has 2 nitrogen and oxygen atoms in total. The molecule has 0 saturated heterocycles. The number of nitrogens with zero attached hydrogens (tertiary/aromatic N) is 1. The van der Waals surface area contributed by atoms with Gasteiger partial charge in [0.05, 0.1) is 6.54 Å². The summed E-state index contributed by atoms with van der Waals surface area (Å²) in [6, 6.07) is 11.0. The van der Waals surface area contributed by atoms with Gasteiger partial charge in [0.2, 0.25) is 0 Å². The highest BCUT2D eigenvalue weighted by Gasteiger charge is 2.11. The normalized spacial score (nSPS) is 12.9. The van der Waals surface area contributed by atoms with Crippen LogP contribution in [-0.2, 0) is 13.0 Å². The van der Waals surface area contributed by atoms with Crippen molar-refractivity contribution in [3.05, 3.63) is 56.8 Å². The van der Waals surface area contributed by atoms with Crippen LogP contribution in [-0.4, -0.2) is 10.6 Å². The van der Waals surface area contributed by atoms with E-state index >= 15 is 0 Å². The minimum absolute atomic E-state index is 0.236. The molecule has 0 aliphatic carbocycles. The number of hydrogen-bond acceptors (Lipinski definition) is 2. The average Bonchev–Trinajstić information content (AvgIpc) is 3.04. The van der Waals surface area contributed by atoms with Crippen molar-refractivity contribution in [1.29, 1.82) is 0 Å². The van der Waals surface area contributed by atoms with E-state index in [1.165, 1.54) is 21.3 Å². The van der Waals surface area contributed by atoms with E-state index in [1.807, 2.05) is 0 Å². The summed E-state index contributed by atoms with van der Waals surface area (Å²) < 4.78 is 3.50. The monoisotopic (exact) mass is 362 g/mol. The van der Waals surface area contributed by atoms with Gasteiger partial charge >= 0.3 is 0 Å². The van der Waals surface area contributed by atoms with Crippen LogP contribution in [0.3, 0.4) is 0 Å². The fraction of sp³-hybridized carbons (Fsp3) is 0.294. The van der Waals surface area contributed by atoms with Gasteiger partial charge in [-0.1, -0.05) is 25.1 Å². The SMILES string of the molecule is CCC(N)Cc1cn(Cc2cc(Br)cs2)c2ccccc12. The van der Waals surface area contributed by atoms with E-state index in [0.29, 0.717) is 0 Å². The van der Waals surface area contributed by atoms with Crippen LogP contribution in [0.15, 0.2) is 46.4 Å². The third-order valence-electron chi connectivity index (χ3n) is 3.83. The highest BCUT2D eigenvalue weighted by atomic mass is 79.9. The molecule has 0 radical (unpaired) electrons. The number of benzene rings is 1. The van der Waals surface area contributed by atoms with Crippen LogP contribution in [0.1, 0.15) is 23.8 Å². The second-order valence-corrected chi connectivity index (χ2v) is 7.31. The summed E-state index contributed by atoms with van der Waals surface area (Å²) in [5.41, 5.74) is 8.80. The topological polar surface area (TPSA) is 30.9 Å². The third kappa shape index (κ3) is 3.23. The number of rotatable bonds is 5. The molecule has 1 aromatic carbocycles. The second kappa shape index (κ2) is 6.34. The van der Waals surface area contributed by atoms with Gasteiger partial charge in [-0.15, -0.1) is 11.3 Å². The second-order valence-electron chi connectivity index (χ2n) is 5.40. The lowest BCUT2D eigenvalue weighted by atomic mass is 10.0. The zero-order valence-electron chi connectivity index (χ0n) is 12.1. The number of halogens is 1. The van der Waals surface area contributed by atoms with E-state index in [1.54, 1.807) is 11.3 Å². The van der Waals surface area contributed by atoms with Gasteiger partial charge in [-0.25, -0.2) is 0 Å². The molecule has 2 aromatic heterocycles. The molecule has 1 unspecified atom stereocenters. The van der Waals surface area contributed by atoms with Crippen LogP contribution in [0.5, 0.6) is 0 Å². The zero-order chi connectivity index (χ0) is 14.8. The highest BCUT2D eigenvalue weighted by Crippen LogP contribution is 2.26. The molecule has 0 aliphatic heterocycles. The van der Waals surface area contributed by atoms with Gasteiger partial charge in [-0.2, -0.15) is 0 Å². The number of fused-ring (bicyclic) bond motifs is 1. The maximum absolute atomic E-state index is 6.15.